The molecule has 1 aliphatic rings. The predicted molar refractivity (Wildman–Crippen MR) is 64.8 cm³/mol. The summed E-state index contributed by atoms with van der Waals surface area (Å²) in [5.41, 5.74) is 2.66. The second-order valence-electron chi connectivity index (χ2n) is 4.52. The minimum absolute atomic E-state index is 0.147. The fourth-order valence-electron chi connectivity index (χ4n) is 2.10. The average molecular weight is 217 g/mol. The Bertz CT molecular complexity index is 551. The summed E-state index contributed by atoms with van der Waals surface area (Å²) in [5.74, 6) is 0.834. The zero-order chi connectivity index (χ0) is 11.0. The molecule has 0 radical (unpaired) electrons. The van der Waals surface area contributed by atoms with Gasteiger partial charge in [-0.25, -0.2) is 4.79 Å². The van der Waals surface area contributed by atoms with Crippen LogP contribution in [0.1, 0.15) is 19.3 Å². The van der Waals surface area contributed by atoms with Crippen molar-refractivity contribution in [1.29, 1.82) is 0 Å². The topological polar surface area (TPSA) is 60.7 Å². The molecule has 0 unspecified atom stereocenters. The highest BCUT2D eigenvalue weighted by atomic mass is 16.1. The van der Waals surface area contributed by atoms with Crippen LogP contribution in [-0.4, -0.2) is 16.5 Å². The molecule has 1 aromatic carbocycles. The first-order valence-corrected chi connectivity index (χ1v) is 5.77. The maximum Gasteiger partial charge on any atom is 0.323 e. The molecule has 0 amide bonds. The van der Waals surface area contributed by atoms with Crippen LogP contribution >= 0.6 is 0 Å². The first-order chi connectivity index (χ1) is 7.81. The van der Waals surface area contributed by atoms with Crippen LogP contribution in [0.5, 0.6) is 0 Å². The number of rotatable bonds is 3. The van der Waals surface area contributed by atoms with Crippen LogP contribution in [0.15, 0.2) is 23.0 Å². The van der Waals surface area contributed by atoms with Crippen molar-refractivity contribution in [3.05, 3.63) is 28.7 Å². The van der Waals surface area contributed by atoms with E-state index in [-0.39, 0.29) is 5.69 Å². The molecule has 1 aliphatic carbocycles. The summed E-state index contributed by atoms with van der Waals surface area (Å²) >= 11 is 0. The van der Waals surface area contributed by atoms with Crippen LogP contribution < -0.4 is 11.0 Å². The third-order valence-corrected chi connectivity index (χ3v) is 3.34. The van der Waals surface area contributed by atoms with Crippen molar-refractivity contribution in [3.8, 4) is 0 Å². The number of hydrogen-bond donors (Lipinski definition) is 3. The molecule has 0 spiro atoms. The number of anilines is 1. The van der Waals surface area contributed by atoms with Crippen molar-refractivity contribution >= 4 is 16.7 Å². The number of aromatic amines is 2. The van der Waals surface area contributed by atoms with Gasteiger partial charge in [0.1, 0.15) is 0 Å². The summed E-state index contributed by atoms with van der Waals surface area (Å²) in [6, 6.07) is 5.91. The van der Waals surface area contributed by atoms with Gasteiger partial charge in [-0.05, 0) is 37.0 Å². The maximum atomic E-state index is 11.1. The van der Waals surface area contributed by atoms with Crippen LogP contribution in [0.2, 0.25) is 0 Å². The van der Waals surface area contributed by atoms with E-state index in [4.69, 9.17) is 0 Å². The Kier molecular flexibility index (Phi) is 2.20. The van der Waals surface area contributed by atoms with E-state index >= 15 is 0 Å². The Morgan fingerprint density at radius 3 is 2.81 bits per heavy atom. The van der Waals surface area contributed by atoms with Gasteiger partial charge in [0.2, 0.25) is 0 Å². The number of aromatic nitrogens is 2. The minimum Gasteiger partial charge on any atom is -0.385 e. The third kappa shape index (κ3) is 1.71. The normalized spacial score (nSPS) is 16.2. The lowest BCUT2D eigenvalue weighted by molar-refractivity contribution is 0.333. The number of hydrogen-bond acceptors (Lipinski definition) is 2. The Hall–Kier alpha value is -1.71. The van der Waals surface area contributed by atoms with Crippen molar-refractivity contribution < 1.29 is 0 Å². The molecule has 2 aromatic rings. The Morgan fingerprint density at radius 1 is 1.25 bits per heavy atom. The number of nitrogens with one attached hydrogen (secondary N) is 3. The van der Waals surface area contributed by atoms with Gasteiger partial charge in [0.15, 0.2) is 0 Å². The fourth-order valence-corrected chi connectivity index (χ4v) is 2.10. The van der Waals surface area contributed by atoms with Crippen molar-refractivity contribution in [2.24, 2.45) is 5.92 Å². The molecule has 0 atom stereocenters. The molecular weight excluding hydrogens is 202 g/mol. The lowest BCUT2D eigenvalue weighted by Crippen LogP contribution is -2.20. The molecule has 1 aromatic heterocycles. The Balaban J connectivity index is 1.78. The van der Waals surface area contributed by atoms with Crippen molar-refractivity contribution in [1.82, 2.24) is 9.97 Å². The van der Waals surface area contributed by atoms with Gasteiger partial charge in [0, 0.05) is 12.2 Å². The molecule has 0 bridgehead atoms. The smallest absolute Gasteiger partial charge is 0.323 e. The summed E-state index contributed by atoms with van der Waals surface area (Å²) in [7, 11) is 0. The molecule has 16 heavy (non-hydrogen) atoms. The largest absolute Gasteiger partial charge is 0.385 e. The zero-order valence-corrected chi connectivity index (χ0v) is 9.05. The van der Waals surface area contributed by atoms with Crippen LogP contribution in [0.4, 0.5) is 5.69 Å². The summed E-state index contributed by atoms with van der Waals surface area (Å²) in [5, 5.41) is 3.41. The molecule has 1 heterocycles. The summed E-state index contributed by atoms with van der Waals surface area (Å²) in [4.78, 5) is 16.6. The predicted octanol–water partition coefficient (Wildman–Crippen LogP) is 2.07. The molecule has 0 saturated heterocycles. The van der Waals surface area contributed by atoms with E-state index in [1.165, 1.54) is 19.3 Å². The highest BCUT2D eigenvalue weighted by Gasteiger charge is 2.16. The molecule has 4 heteroatoms. The van der Waals surface area contributed by atoms with Gasteiger partial charge in [0.05, 0.1) is 11.0 Å². The number of benzene rings is 1. The average Bonchev–Trinajstić information content (AvgIpc) is 2.55. The minimum atomic E-state index is -0.147. The molecule has 84 valence electrons. The van der Waals surface area contributed by atoms with Gasteiger partial charge in [-0.15, -0.1) is 0 Å². The van der Waals surface area contributed by atoms with Gasteiger partial charge < -0.3 is 15.3 Å². The molecule has 3 N–H and O–H groups in total. The van der Waals surface area contributed by atoms with Crippen LogP contribution in [0, 0.1) is 5.92 Å². The van der Waals surface area contributed by atoms with Crippen LogP contribution in [0.3, 0.4) is 0 Å². The van der Waals surface area contributed by atoms with E-state index in [0.29, 0.717) is 0 Å². The molecule has 4 nitrogen and oxygen atoms in total. The van der Waals surface area contributed by atoms with E-state index < -0.39 is 0 Å². The van der Waals surface area contributed by atoms with Crippen molar-refractivity contribution in [2.45, 2.75) is 19.3 Å². The van der Waals surface area contributed by atoms with E-state index in [9.17, 15) is 4.79 Å². The standard InChI is InChI=1S/C12H15N3O/c16-12-14-10-5-4-9(6-11(10)15-12)13-7-8-2-1-3-8/h4-6,8,13H,1-3,7H2,(H2,14,15,16). The van der Waals surface area contributed by atoms with Crippen LogP contribution in [-0.2, 0) is 0 Å². The Morgan fingerprint density at radius 2 is 2.06 bits per heavy atom. The molecular formula is C12H15N3O. The summed E-state index contributed by atoms with van der Waals surface area (Å²) in [6.45, 7) is 1.04. The number of imidazole rings is 1. The maximum absolute atomic E-state index is 11.1. The van der Waals surface area contributed by atoms with Gasteiger partial charge in [-0.2, -0.15) is 0 Å². The quantitative estimate of drug-likeness (QED) is 0.737. The second kappa shape index (κ2) is 3.70. The van der Waals surface area contributed by atoms with Gasteiger partial charge >= 0.3 is 5.69 Å². The van der Waals surface area contributed by atoms with E-state index in [1.807, 2.05) is 18.2 Å². The summed E-state index contributed by atoms with van der Waals surface area (Å²) < 4.78 is 0. The first kappa shape index (κ1) is 9.51. The summed E-state index contributed by atoms with van der Waals surface area (Å²) in [6.07, 6.45) is 4.06. The molecule has 0 aliphatic heterocycles. The molecule has 1 fully saturated rings. The molecule has 1 saturated carbocycles. The zero-order valence-electron chi connectivity index (χ0n) is 9.05. The highest BCUT2D eigenvalue weighted by Crippen LogP contribution is 2.26. The highest BCUT2D eigenvalue weighted by molar-refractivity contribution is 5.78. The van der Waals surface area contributed by atoms with E-state index in [1.54, 1.807) is 0 Å². The first-order valence-electron chi connectivity index (χ1n) is 5.77. The van der Waals surface area contributed by atoms with Crippen LogP contribution in [0.25, 0.3) is 11.0 Å². The van der Waals surface area contributed by atoms with Crippen molar-refractivity contribution in [3.63, 3.8) is 0 Å². The van der Waals surface area contributed by atoms with Gasteiger partial charge in [-0.3, -0.25) is 0 Å². The third-order valence-electron chi connectivity index (χ3n) is 3.34. The van der Waals surface area contributed by atoms with Gasteiger partial charge in [0.25, 0.3) is 0 Å². The van der Waals surface area contributed by atoms with E-state index in [2.05, 4.69) is 15.3 Å². The lowest BCUT2D eigenvalue weighted by Gasteiger charge is -2.25. The van der Waals surface area contributed by atoms with E-state index in [0.717, 1.165) is 29.2 Å². The fraction of sp³-hybridized carbons (Fsp3) is 0.417. The second-order valence-corrected chi connectivity index (χ2v) is 4.52. The monoisotopic (exact) mass is 217 g/mol. The number of fused-ring (bicyclic) bond motifs is 1. The molecule has 3 rings (SSSR count). The number of H-pyrrole nitrogens is 2. The Labute approximate surface area is 93.1 Å². The van der Waals surface area contributed by atoms with Gasteiger partial charge in [-0.1, -0.05) is 6.42 Å². The SMILES string of the molecule is O=c1[nH]c2ccc(NCC3CCC3)cc2[nH]1. The van der Waals surface area contributed by atoms with Crippen molar-refractivity contribution in [2.75, 3.05) is 11.9 Å². The lowest BCUT2D eigenvalue weighted by atomic mass is 9.85.